The maximum atomic E-state index is 5.68. The summed E-state index contributed by atoms with van der Waals surface area (Å²) in [4.78, 5) is 4.65. The van der Waals surface area contributed by atoms with Crippen molar-refractivity contribution in [1.82, 2.24) is 0 Å². The summed E-state index contributed by atoms with van der Waals surface area (Å²) in [6, 6.07) is 0.344. The third-order valence-corrected chi connectivity index (χ3v) is 4.28. The molecule has 1 saturated heterocycles. The summed E-state index contributed by atoms with van der Waals surface area (Å²) in [6.07, 6.45) is 2.22. The van der Waals surface area contributed by atoms with Crippen LogP contribution in [0, 0.1) is 29.6 Å². The molecule has 0 N–H and O–H groups in total. The van der Waals surface area contributed by atoms with Gasteiger partial charge < -0.3 is 4.74 Å². The van der Waals surface area contributed by atoms with Crippen molar-refractivity contribution in [1.29, 1.82) is 0 Å². The molecule has 2 heterocycles. The monoisotopic (exact) mass is 222 g/mol. The lowest BCUT2D eigenvalue weighted by Gasteiger charge is -2.14. The van der Waals surface area contributed by atoms with Gasteiger partial charge in [-0.05, 0) is 18.0 Å². The van der Waals surface area contributed by atoms with Gasteiger partial charge in [0.25, 0.3) is 0 Å². The van der Waals surface area contributed by atoms with Crippen LogP contribution in [0.15, 0.2) is 4.99 Å². The first-order valence-corrected chi connectivity index (χ1v) is 6.35. The number of hydrogen-bond acceptors (Lipinski definition) is 2. The fraction of sp³-hybridized carbons (Fsp3) is 0.583. The van der Waals surface area contributed by atoms with Gasteiger partial charge >= 0.3 is 0 Å². The summed E-state index contributed by atoms with van der Waals surface area (Å²) >= 11 is 0. The molecular weight excluding hydrogens is 205 g/mol. The predicted molar refractivity (Wildman–Crippen MR) is 64.3 cm³/mol. The molecule has 0 bridgehead atoms. The van der Waals surface area contributed by atoms with Crippen LogP contribution in [0.4, 0.5) is 0 Å². The van der Waals surface area contributed by atoms with Crippen molar-refractivity contribution in [3.63, 3.8) is 0 Å². The van der Waals surface area contributed by atoms with E-state index in [1.165, 1.54) is 26.1 Å². The minimum absolute atomic E-state index is 0.344. The molecule has 0 spiro atoms. The molecule has 0 aromatic carbocycles. The molecule has 2 rings (SSSR count). The fourth-order valence-corrected chi connectivity index (χ4v) is 2.74. The Hall–Kier alpha value is -0.100. The van der Waals surface area contributed by atoms with Crippen LogP contribution >= 0.6 is 8.58 Å². The third kappa shape index (κ3) is 2.20. The summed E-state index contributed by atoms with van der Waals surface area (Å²) in [5, 5.41) is 0. The Balaban J connectivity index is 2.03. The molecule has 15 heavy (non-hydrogen) atoms. The topological polar surface area (TPSA) is 21.6 Å². The molecule has 0 aliphatic carbocycles. The molecule has 0 aromatic heterocycles. The van der Waals surface area contributed by atoms with E-state index in [0.717, 1.165) is 12.5 Å². The maximum absolute atomic E-state index is 5.68. The molecule has 1 fully saturated rings. The van der Waals surface area contributed by atoms with Crippen molar-refractivity contribution in [3.05, 3.63) is 23.7 Å². The average Bonchev–Trinajstić information content (AvgIpc) is 2.76. The molecule has 2 aliphatic heterocycles. The molecule has 5 radical (unpaired) electrons. The van der Waals surface area contributed by atoms with Crippen LogP contribution in [0.5, 0.6) is 0 Å². The molecule has 2 aliphatic rings. The van der Waals surface area contributed by atoms with E-state index in [-0.39, 0.29) is 0 Å². The molecule has 0 aromatic rings. The van der Waals surface area contributed by atoms with E-state index >= 15 is 0 Å². The zero-order chi connectivity index (χ0) is 11.0. The standard InChI is InChI=1S/C12H17NOP/c1-7(2)10-5-14-12(13-10)11-9(4)8(3)6-15-11/h6-7,10H,5H2,1-4H3/t10-/m1/s1. The van der Waals surface area contributed by atoms with Crippen LogP contribution in [-0.2, 0) is 4.74 Å². The maximum Gasteiger partial charge on any atom is 0.197 e. The van der Waals surface area contributed by atoms with E-state index < -0.39 is 0 Å². The van der Waals surface area contributed by atoms with Gasteiger partial charge in [0.15, 0.2) is 5.90 Å². The summed E-state index contributed by atoms with van der Waals surface area (Å²) < 4.78 is 5.68. The lowest BCUT2D eigenvalue weighted by atomic mass is 9.95. The zero-order valence-electron chi connectivity index (χ0n) is 9.74. The number of ether oxygens (including phenoxy) is 1. The molecule has 2 nitrogen and oxygen atoms in total. The highest BCUT2D eigenvalue weighted by Crippen LogP contribution is 2.54. The Bertz CT molecular complexity index is 264. The van der Waals surface area contributed by atoms with Crippen molar-refractivity contribution < 1.29 is 4.74 Å². The molecule has 0 amide bonds. The third-order valence-electron chi connectivity index (χ3n) is 2.98. The first-order valence-electron chi connectivity index (χ1n) is 5.39. The van der Waals surface area contributed by atoms with Crippen LogP contribution in [0.25, 0.3) is 0 Å². The Labute approximate surface area is 94.7 Å². The van der Waals surface area contributed by atoms with Crippen LogP contribution < -0.4 is 0 Å². The van der Waals surface area contributed by atoms with Crippen molar-refractivity contribution in [2.75, 3.05) is 6.61 Å². The first-order chi connectivity index (χ1) is 7.09. The second-order valence-corrected chi connectivity index (χ2v) is 5.44. The molecule has 0 unspecified atom stereocenters. The predicted octanol–water partition coefficient (Wildman–Crippen LogP) is 3.28. The smallest absolute Gasteiger partial charge is 0.197 e. The Morgan fingerprint density at radius 2 is 2.20 bits per heavy atom. The number of nitrogens with zero attached hydrogens (tertiary/aromatic N) is 1. The molecule has 81 valence electrons. The largest absolute Gasteiger partial charge is 0.478 e. The van der Waals surface area contributed by atoms with Gasteiger partial charge in [0, 0.05) is 5.92 Å². The van der Waals surface area contributed by atoms with Gasteiger partial charge in [-0.3, -0.25) is 0 Å². The van der Waals surface area contributed by atoms with E-state index in [4.69, 9.17) is 4.74 Å². The highest BCUT2D eigenvalue weighted by atomic mass is 31.1. The normalized spacial score (nSPS) is 31.5. The van der Waals surface area contributed by atoms with Crippen LogP contribution in [0.1, 0.15) is 27.7 Å². The highest BCUT2D eigenvalue weighted by Gasteiger charge is 2.39. The minimum Gasteiger partial charge on any atom is -0.478 e. The lowest BCUT2D eigenvalue weighted by Crippen LogP contribution is -2.14. The Kier molecular flexibility index (Phi) is 3.35. The number of rotatable bonds is 2. The summed E-state index contributed by atoms with van der Waals surface area (Å²) in [7, 11) is 1.24. The molecule has 0 saturated carbocycles. The van der Waals surface area contributed by atoms with Crippen LogP contribution in [0.3, 0.4) is 0 Å². The van der Waals surface area contributed by atoms with E-state index in [2.05, 4.69) is 38.8 Å². The summed E-state index contributed by atoms with van der Waals surface area (Å²) in [5.41, 5.74) is 1.26. The van der Waals surface area contributed by atoms with Gasteiger partial charge in [-0.25, -0.2) is 4.99 Å². The Morgan fingerprint density at radius 1 is 1.47 bits per heavy atom. The highest BCUT2D eigenvalue weighted by molar-refractivity contribution is 7.47. The first kappa shape index (κ1) is 11.4. The van der Waals surface area contributed by atoms with Gasteiger partial charge in [-0.2, -0.15) is 0 Å². The van der Waals surface area contributed by atoms with Crippen molar-refractivity contribution >= 4 is 14.5 Å². The van der Waals surface area contributed by atoms with Gasteiger partial charge in [-0.15, -0.1) is 0 Å². The second kappa shape index (κ2) is 4.41. The lowest BCUT2D eigenvalue weighted by molar-refractivity contribution is 0.290. The molecule has 3 heteroatoms. The van der Waals surface area contributed by atoms with E-state index in [1.807, 2.05) is 0 Å². The van der Waals surface area contributed by atoms with Crippen LogP contribution in [-0.4, -0.2) is 18.5 Å². The quantitative estimate of drug-likeness (QED) is 0.657. The van der Waals surface area contributed by atoms with Gasteiger partial charge in [0.05, 0.1) is 11.7 Å². The molecular formula is C12H17NOP. The molecule has 1 atom stereocenters. The van der Waals surface area contributed by atoms with Gasteiger partial charge in [0.2, 0.25) is 0 Å². The van der Waals surface area contributed by atoms with E-state index in [0.29, 0.717) is 12.0 Å². The van der Waals surface area contributed by atoms with Crippen molar-refractivity contribution in [3.8, 4) is 0 Å². The zero-order valence-corrected chi connectivity index (χ0v) is 10.6. The van der Waals surface area contributed by atoms with Gasteiger partial charge in [-0.1, -0.05) is 36.3 Å². The fourth-order valence-electron chi connectivity index (χ4n) is 1.62. The van der Waals surface area contributed by atoms with Crippen molar-refractivity contribution in [2.45, 2.75) is 33.7 Å². The van der Waals surface area contributed by atoms with E-state index in [1.54, 1.807) is 0 Å². The van der Waals surface area contributed by atoms with Gasteiger partial charge in [0.1, 0.15) is 6.61 Å². The number of hydrogen-bond donors (Lipinski definition) is 0. The summed E-state index contributed by atoms with van der Waals surface area (Å²) in [5.74, 6) is 4.13. The average molecular weight is 222 g/mol. The van der Waals surface area contributed by atoms with Crippen LogP contribution in [0.2, 0.25) is 0 Å². The summed E-state index contributed by atoms with van der Waals surface area (Å²) in [6.45, 7) is 9.42. The minimum atomic E-state index is 0.344. The Morgan fingerprint density at radius 3 is 2.67 bits per heavy atom. The SMILES string of the molecule is C[C]1[CH][P][C](C2=N[C@@H](C(C)C)CO2)[C]1C. The number of aliphatic imine (C=N–C) groups is 1. The second-order valence-electron chi connectivity index (χ2n) is 4.47. The van der Waals surface area contributed by atoms with E-state index in [9.17, 15) is 0 Å². The van der Waals surface area contributed by atoms with Crippen molar-refractivity contribution in [2.24, 2.45) is 10.9 Å².